The number of aromatic nitrogens is 2. The highest BCUT2D eigenvalue weighted by molar-refractivity contribution is 6.16. The van der Waals surface area contributed by atoms with E-state index in [-0.39, 0.29) is 5.82 Å². The van der Waals surface area contributed by atoms with Gasteiger partial charge in [-0.3, -0.25) is 4.98 Å². The van der Waals surface area contributed by atoms with Gasteiger partial charge in [0.2, 0.25) is 0 Å². The maximum Gasteiger partial charge on any atom is 0.123 e. The van der Waals surface area contributed by atoms with Crippen molar-refractivity contribution in [3.63, 3.8) is 0 Å². The molecule has 0 saturated heterocycles. The van der Waals surface area contributed by atoms with E-state index in [0.29, 0.717) is 0 Å². The third kappa shape index (κ3) is 1.35. The molecular formula is C17H13FN2. The molecule has 98 valence electrons. The molecule has 0 atom stereocenters. The summed E-state index contributed by atoms with van der Waals surface area (Å²) >= 11 is 0. The van der Waals surface area contributed by atoms with Crippen molar-refractivity contribution >= 4 is 32.6 Å². The highest BCUT2D eigenvalue weighted by atomic mass is 19.1. The normalized spacial score (nSPS) is 11.8. The summed E-state index contributed by atoms with van der Waals surface area (Å²) in [6, 6.07) is 6.92. The van der Waals surface area contributed by atoms with E-state index in [4.69, 9.17) is 0 Å². The number of halogens is 1. The molecule has 0 bridgehead atoms. The van der Waals surface area contributed by atoms with Crippen LogP contribution in [0.25, 0.3) is 32.6 Å². The predicted octanol–water partition coefficient (Wildman–Crippen LogP) is 4.63. The zero-order valence-corrected chi connectivity index (χ0v) is 11.3. The number of nitrogens with zero attached hydrogens (tertiary/aromatic N) is 1. The van der Waals surface area contributed by atoms with E-state index in [9.17, 15) is 4.39 Å². The molecule has 0 amide bonds. The SMILES string of the molecule is Cc1c2ccncc2c(C)c2c1[nH]c1ccc(F)cc12. The summed E-state index contributed by atoms with van der Waals surface area (Å²) in [5.41, 5.74) is 4.38. The number of pyridine rings is 1. The van der Waals surface area contributed by atoms with Crippen LogP contribution in [0.3, 0.4) is 0 Å². The second kappa shape index (κ2) is 3.79. The van der Waals surface area contributed by atoms with Gasteiger partial charge in [-0.1, -0.05) is 0 Å². The van der Waals surface area contributed by atoms with Crippen LogP contribution in [0.4, 0.5) is 4.39 Å². The molecule has 0 unspecified atom stereocenters. The Kier molecular flexibility index (Phi) is 2.16. The maximum atomic E-state index is 13.6. The number of H-pyrrole nitrogens is 1. The monoisotopic (exact) mass is 264 g/mol. The molecule has 2 nitrogen and oxygen atoms in total. The van der Waals surface area contributed by atoms with Crippen LogP contribution >= 0.6 is 0 Å². The molecule has 1 N–H and O–H groups in total. The Morgan fingerprint density at radius 2 is 1.85 bits per heavy atom. The Morgan fingerprint density at radius 1 is 1.00 bits per heavy atom. The predicted molar refractivity (Wildman–Crippen MR) is 80.5 cm³/mol. The molecule has 0 aliphatic heterocycles. The molecule has 0 radical (unpaired) electrons. The number of fused-ring (bicyclic) bond motifs is 4. The minimum atomic E-state index is -0.207. The van der Waals surface area contributed by atoms with Crippen LogP contribution in [0.1, 0.15) is 11.1 Å². The van der Waals surface area contributed by atoms with Crippen molar-refractivity contribution in [1.82, 2.24) is 9.97 Å². The Labute approximate surface area is 115 Å². The van der Waals surface area contributed by atoms with Gasteiger partial charge in [-0.15, -0.1) is 0 Å². The lowest BCUT2D eigenvalue weighted by atomic mass is 9.97. The van der Waals surface area contributed by atoms with Crippen molar-refractivity contribution in [1.29, 1.82) is 0 Å². The molecule has 3 heteroatoms. The van der Waals surface area contributed by atoms with Crippen molar-refractivity contribution < 1.29 is 4.39 Å². The topological polar surface area (TPSA) is 28.7 Å². The van der Waals surface area contributed by atoms with Crippen molar-refractivity contribution in [3.8, 4) is 0 Å². The zero-order valence-electron chi connectivity index (χ0n) is 11.3. The molecular weight excluding hydrogens is 251 g/mol. The number of hydrogen-bond acceptors (Lipinski definition) is 1. The van der Waals surface area contributed by atoms with Gasteiger partial charge in [0.1, 0.15) is 5.82 Å². The molecule has 0 fully saturated rings. The maximum absolute atomic E-state index is 13.6. The number of aryl methyl sites for hydroxylation is 2. The number of nitrogens with one attached hydrogen (secondary N) is 1. The summed E-state index contributed by atoms with van der Waals surface area (Å²) in [6.45, 7) is 4.17. The van der Waals surface area contributed by atoms with Gasteiger partial charge < -0.3 is 4.98 Å². The summed E-state index contributed by atoms with van der Waals surface area (Å²) in [6.07, 6.45) is 3.69. The number of rotatable bonds is 0. The molecule has 4 aromatic rings. The summed E-state index contributed by atoms with van der Waals surface area (Å²) in [5.74, 6) is -0.207. The van der Waals surface area contributed by atoms with Gasteiger partial charge >= 0.3 is 0 Å². The summed E-state index contributed by atoms with van der Waals surface area (Å²) < 4.78 is 13.6. The van der Waals surface area contributed by atoms with Crippen LogP contribution in [-0.2, 0) is 0 Å². The summed E-state index contributed by atoms with van der Waals surface area (Å²) in [7, 11) is 0. The highest BCUT2D eigenvalue weighted by Gasteiger charge is 2.14. The molecule has 20 heavy (non-hydrogen) atoms. The van der Waals surface area contributed by atoms with Crippen LogP contribution < -0.4 is 0 Å². The van der Waals surface area contributed by atoms with Gasteiger partial charge in [-0.25, -0.2) is 4.39 Å². The lowest BCUT2D eigenvalue weighted by molar-refractivity contribution is 0.630. The first-order chi connectivity index (χ1) is 9.66. The van der Waals surface area contributed by atoms with Crippen LogP contribution in [0, 0.1) is 19.7 Å². The van der Waals surface area contributed by atoms with E-state index < -0.39 is 0 Å². The second-order valence-electron chi connectivity index (χ2n) is 5.24. The first kappa shape index (κ1) is 11.4. The van der Waals surface area contributed by atoms with Crippen molar-refractivity contribution in [2.45, 2.75) is 13.8 Å². The standard InChI is InChI=1S/C17H13FN2/c1-9-14-8-19-6-5-12(14)10(2)17-16(9)13-7-11(18)3-4-15(13)20-17/h3-8,20H,1-2H3. The van der Waals surface area contributed by atoms with E-state index in [1.807, 2.05) is 18.5 Å². The molecule has 2 aromatic heterocycles. The molecule has 2 aromatic carbocycles. The van der Waals surface area contributed by atoms with Crippen LogP contribution in [0.5, 0.6) is 0 Å². The van der Waals surface area contributed by atoms with Crippen LogP contribution in [-0.4, -0.2) is 9.97 Å². The first-order valence-electron chi connectivity index (χ1n) is 6.60. The Hall–Kier alpha value is -2.42. The third-order valence-electron chi connectivity index (χ3n) is 4.14. The number of hydrogen-bond donors (Lipinski definition) is 1. The Bertz CT molecular complexity index is 983. The zero-order chi connectivity index (χ0) is 13.9. The lowest BCUT2D eigenvalue weighted by Gasteiger charge is -2.08. The van der Waals surface area contributed by atoms with Gasteiger partial charge in [0, 0.05) is 34.1 Å². The minimum absolute atomic E-state index is 0.207. The lowest BCUT2D eigenvalue weighted by Crippen LogP contribution is -1.87. The minimum Gasteiger partial charge on any atom is -0.354 e. The largest absolute Gasteiger partial charge is 0.354 e. The van der Waals surface area contributed by atoms with E-state index >= 15 is 0 Å². The van der Waals surface area contributed by atoms with Crippen molar-refractivity contribution in [2.24, 2.45) is 0 Å². The van der Waals surface area contributed by atoms with E-state index in [1.165, 1.54) is 17.0 Å². The molecule has 0 saturated carbocycles. The number of aromatic amines is 1. The smallest absolute Gasteiger partial charge is 0.123 e. The summed E-state index contributed by atoms with van der Waals surface area (Å²) in [5, 5.41) is 4.35. The van der Waals surface area contributed by atoms with Gasteiger partial charge in [0.15, 0.2) is 0 Å². The fourth-order valence-electron chi connectivity index (χ4n) is 3.12. The van der Waals surface area contributed by atoms with Gasteiger partial charge in [0.05, 0.1) is 5.52 Å². The van der Waals surface area contributed by atoms with Gasteiger partial charge in [0.25, 0.3) is 0 Å². The van der Waals surface area contributed by atoms with Crippen LogP contribution in [0.2, 0.25) is 0 Å². The fraction of sp³-hybridized carbons (Fsp3) is 0.118. The molecule has 4 rings (SSSR count). The molecule has 0 aliphatic carbocycles. The molecule has 2 heterocycles. The highest BCUT2D eigenvalue weighted by Crippen LogP contribution is 2.36. The number of benzene rings is 2. The molecule has 0 spiro atoms. The fourth-order valence-corrected chi connectivity index (χ4v) is 3.12. The van der Waals surface area contributed by atoms with E-state index in [0.717, 1.165) is 32.8 Å². The van der Waals surface area contributed by atoms with Gasteiger partial charge in [-0.05, 0) is 54.6 Å². The van der Waals surface area contributed by atoms with Crippen molar-refractivity contribution in [2.75, 3.05) is 0 Å². The van der Waals surface area contributed by atoms with Gasteiger partial charge in [-0.2, -0.15) is 0 Å². The summed E-state index contributed by atoms with van der Waals surface area (Å²) in [4.78, 5) is 7.64. The quantitative estimate of drug-likeness (QED) is 0.493. The first-order valence-corrected chi connectivity index (χ1v) is 6.60. The Balaban J connectivity index is 2.36. The van der Waals surface area contributed by atoms with E-state index in [2.05, 4.69) is 23.8 Å². The third-order valence-corrected chi connectivity index (χ3v) is 4.14. The van der Waals surface area contributed by atoms with E-state index in [1.54, 1.807) is 12.1 Å². The Morgan fingerprint density at radius 3 is 2.70 bits per heavy atom. The average Bonchev–Trinajstić information content (AvgIpc) is 2.84. The second-order valence-corrected chi connectivity index (χ2v) is 5.24. The molecule has 0 aliphatic rings. The average molecular weight is 264 g/mol. The van der Waals surface area contributed by atoms with Crippen LogP contribution in [0.15, 0.2) is 36.7 Å². The van der Waals surface area contributed by atoms with Crippen molar-refractivity contribution in [3.05, 3.63) is 53.6 Å².